The fraction of sp³-hybridized carbons (Fsp3) is 0.625. The fourth-order valence-electron chi connectivity index (χ4n) is 2.22. The van der Waals surface area contributed by atoms with E-state index in [-0.39, 0.29) is 0 Å². The number of hydrogen-bond acceptors (Lipinski definition) is 3. The fourth-order valence-corrected chi connectivity index (χ4v) is 2.22. The van der Waals surface area contributed by atoms with Crippen molar-refractivity contribution < 1.29 is 4.74 Å². The summed E-state index contributed by atoms with van der Waals surface area (Å²) in [6.07, 6.45) is 1.20. The highest BCUT2D eigenvalue weighted by molar-refractivity contribution is 5.26. The molecule has 0 radical (unpaired) electrons. The minimum atomic E-state index is 0.692. The molecule has 0 atom stereocenters. The Kier molecular flexibility index (Phi) is 8.47. The largest absolute Gasteiger partial charge is 0.380 e. The molecule has 0 saturated carbocycles. The van der Waals surface area contributed by atoms with Crippen LogP contribution in [0.15, 0.2) is 24.3 Å². The van der Waals surface area contributed by atoms with Crippen LogP contribution in [0.5, 0.6) is 0 Å². The summed E-state index contributed by atoms with van der Waals surface area (Å²) in [5, 5.41) is 3.52. The second-order valence-electron chi connectivity index (χ2n) is 4.76. The van der Waals surface area contributed by atoms with Crippen LogP contribution in [-0.2, 0) is 17.9 Å². The Labute approximate surface area is 118 Å². The molecule has 19 heavy (non-hydrogen) atoms. The maximum Gasteiger partial charge on any atom is 0.0716 e. The van der Waals surface area contributed by atoms with Gasteiger partial charge in [0.15, 0.2) is 0 Å². The third kappa shape index (κ3) is 6.19. The number of methoxy groups -OCH3 is 1. The smallest absolute Gasteiger partial charge is 0.0716 e. The second-order valence-corrected chi connectivity index (χ2v) is 4.76. The van der Waals surface area contributed by atoms with Crippen LogP contribution in [0, 0.1) is 0 Å². The first-order valence-electron chi connectivity index (χ1n) is 7.30. The topological polar surface area (TPSA) is 24.5 Å². The maximum absolute atomic E-state index is 5.22. The van der Waals surface area contributed by atoms with Gasteiger partial charge in [-0.3, -0.25) is 0 Å². The summed E-state index contributed by atoms with van der Waals surface area (Å²) < 4.78 is 5.22. The SMILES string of the molecule is CCN(CC)CCCNCc1ccccc1COC. The Balaban J connectivity index is 2.25. The van der Waals surface area contributed by atoms with Crippen LogP contribution in [0.3, 0.4) is 0 Å². The summed E-state index contributed by atoms with van der Waals surface area (Å²) in [6.45, 7) is 10.6. The van der Waals surface area contributed by atoms with Gasteiger partial charge in [-0.2, -0.15) is 0 Å². The van der Waals surface area contributed by atoms with Crippen molar-refractivity contribution in [1.82, 2.24) is 10.2 Å². The van der Waals surface area contributed by atoms with Gasteiger partial charge in [-0.25, -0.2) is 0 Å². The van der Waals surface area contributed by atoms with E-state index in [1.165, 1.54) is 24.1 Å². The Bertz CT molecular complexity index is 337. The van der Waals surface area contributed by atoms with Gasteiger partial charge in [-0.15, -0.1) is 0 Å². The molecule has 0 aliphatic rings. The van der Waals surface area contributed by atoms with Gasteiger partial charge in [0.1, 0.15) is 0 Å². The summed E-state index contributed by atoms with van der Waals surface area (Å²) >= 11 is 0. The Morgan fingerprint density at radius 1 is 1.11 bits per heavy atom. The van der Waals surface area contributed by atoms with Gasteiger partial charge >= 0.3 is 0 Å². The zero-order chi connectivity index (χ0) is 13.9. The van der Waals surface area contributed by atoms with E-state index in [0.29, 0.717) is 6.61 Å². The number of benzene rings is 1. The maximum atomic E-state index is 5.22. The van der Waals surface area contributed by atoms with E-state index in [2.05, 4.69) is 48.3 Å². The minimum absolute atomic E-state index is 0.692. The van der Waals surface area contributed by atoms with Gasteiger partial charge in [0.25, 0.3) is 0 Å². The van der Waals surface area contributed by atoms with E-state index in [9.17, 15) is 0 Å². The number of nitrogens with zero attached hydrogens (tertiary/aromatic N) is 1. The molecule has 0 unspecified atom stereocenters. The first-order chi connectivity index (χ1) is 9.31. The molecule has 0 spiro atoms. The van der Waals surface area contributed by atoms with Gasteiger partial charge in [0, 0.05) is 13.7 Å². The van der Waals surface area contributed by atoms with Crippen molar-refractivity contribution in [3.05, 3.63) is 35.4 Å². The number of nitrogens with one attached hydrogen (secondary N) is 1. The van der Waals surface area contributed by atoms with Gasteiger partial charge in [0.2, 0.25) is 0 Å². The Morgan fingerprint density at radius 2 is 1.79 bits per heavy atom. The third-order valence-electron chi connectivity index (χ3n) is 3.46. The first-order valence-corrected chi connectivity index (χ1v) is 7.30. The minimum Gasteiger partial charge on any atom is -0.380 e. The molecule has 1 aromatic rings. The van der Waals surface area contributed by atoms with Crippen molar-refractivity contribution in [3.8, 4) is 0 Å². The van der Waals surface area contributed by atoms with E-state index in [0.717, 1.165) is 26.2 Å². The van der Waals surface area contributed by atoms with Crippen LogP contribution < -0.4 is 5.32 Å². The average Bonchev–Trinajstić information content (AvgIpc) is 2.45. The molecule has 1 N–H and O–H groups in total. The summed E-state index contributed by atoms with van der Waals surface area (Å²) in [5.41, 5.74) is 2.62. The zero-order valence-corrected chi connectivity index (χ0v) is 12.6. The molecule has 0 aliphatic carbocycles. The van der Waals surface area contributed by atoms with Crippen molar-refractivity contribution in [1.29, 1.82) is 0 Å². The average molecular weight is 264 g/mol. The lowest BCUT2D eigenvalue weighted by molar-refractivity contribution is 0.184. The molecule has 3 heteroatoms. The lowest BCUT2D eigenvalue weighted by Gasteiger charge is -2.17. The van der Waals surface area contributed by atoms with Crippen LogP contribution in [0.25, 0.3) is 0 Å². The van der Waals surface area contributed by atoms with E-state index in [1.807, 2.05) is 0 Å². The monoisotopic (exact) mass is 264 g/mol. The first kappa shape index (κ1) is 16.2. The van der Waals surface area contributed by atoms with Gasteiger partial charge in [-0.1, -0.05) is 38.1 Å². The van der Waals surface area contributed by atoms with E-state index >= 15 is 0 Å². The predicted octanol–water partition coefficient (Wildman–Crippen LogP) is 2.65. The van der Waals surface area contributed by atoms with Crippen molar-refractivity contribution in [3.63, 3.8) is 0 Å². The van der Waals surface area contributed by atoms with E-state index < -0.39 is 0 Å². The molecule has 1 rings (SSSR count). The molecule has 0 fully saturated rings. The van der Waals surface area contributed by atoms with Crippen LogP contribution >= 0.6 is 0 Å². The normalized spacial score (nSPS) is 11.2. The number of hydrogen-bond donors (Lipinski definition) is 1. The molecule has 0 aliphatic heterocycles. The highest BCUT2D eigenvalue weighted by Gasteiger charge is 2.01. The molecule has 0 amide bonds. The molecule has 0 saturated heterocycles. The highest BCUT2D eigenvalue weighted by atomic mass is 16.5. The summed E-state index contributed by atoms with van der Waals surface area (Å²) in [4.78, 5) is 2.46. The van der Waals surface area contributed by atoms with E-state index in [4.69, 9.17) is 4.74 Å². The van der Waals surface area contributed by atoms with Crippen molar-refractivity contribution in [2.45, 2.75) is 33.4 Å². The lowest BCUT2D eigenvalue weighted by atomic mass is 10.1. The van der Waals surface area contributed by atoms with Crippen molar-refractivity contribution >= 4 is 0 Å². The summed E-state index contributed by atoms with van der Waals surface area (Å²) in [7, 11) is 1.74. The van der Waals surface area contributed by atoms with Crippen LogP contribution in [-0.4, -0.2) is 38.2 Å². The number of ether oxygens (including phenoxy) is 1. The molecule has 1 aromatic carbocycles. The predicted molar refractivity (Wildman–Crippen MR) is 81.3 cm³/mol. The zero-order valence-electron chi connectivity index (χ0n) is 12.6. The molecule has 108 valence electrons. The standard InChI is InChI=1S/C16H28N2O/c1-4-18(5-2)12-8-11-17-13-15-9-6-7-10-16(15)14-19-3/h6-7,9-10,17H,4-5,8,11-14H2,1-3H3. The van der Waals surface area contributed by atoms with E-state index in [1.54, 1.807) is 7.11 Å². The lowest BCUT2D eigenvalue weighted by Crippen LogP contribution is -2.27. The Morgan fingerprint density at radius 3 is 2.42 bits per heavy atom. The molecule has 0 heterocycles. The quantitative estimate of drug-likeness (QED) is 0.658. The third-order valence-corrected chi connectivity index (χ3v) is 3.46. The van der Waals surface area contributed by atoms with Crippen LogP contribution in [0.2, 0.25) is 0 Å². The second kappa shape index (κ2) is 9.96. The molecule has 0 bridgehead atoms. The van der Waals surface area contributed by atoms with Gasteiger partial charge < -0.3 is 15.0 Å². The Hall–Kier alpha value is -0.900. The van der Waals surface area contributed by atoms with Crippen LogP contribution in [0.4, 0.5) is 0 Å². The molecule has 3 nitrogen and oxygen atoms in total. The molecular weight excluding hydrogens is 236 g/mol. The van der Waals surface area contributed by atoms with Crippen LogP contribution in [0.1, 0.15) is 31.4 Å². The molecule has 0 aromatic heterocycles. The highest BCUT2D eigenvalue weighted by Crippen LogP contribution is 2.09. The van der Waals surface area contributed by atoms with Crippen molar-refractivity contribution in [2.24, 2.45) is 0 Å². The van der Waals surface area contributed by atoms with Gasteiger partial charge in [-0.05, 0) is 43.7 Å². The summed E-state index contributed by atoms with van der Waals surface area (Å²) in [6, 6.07) is 8.46. The van der Waals surface area contributed by atoms with Gasteiger partial charge in [0.05, 0.1) is 6.61 Å². The number of rotatable bonds is 10. The molecular formula is C16H28N2O. The van der Waals surface area contributed by atoms with Crippen molar-refractivity contribution in [2.75, 3.05) is 33.3 Å². The summed E-state index contributed by atoms with van der Waals surface area (Å²) in [5.74, 6) is 0.